The number of piperidine rings is 1. The van der Waals surface area contributed by atoms with Crippen molar-refractivity contribution < 1.29 is 58.6 Å². The first-order valence-electron chi connectivity index (χ1n) is 22.4. The summed E-state index contributed by atoms with van der Waals surface area (Å²) in [6, 6.07) is 2.53. The van der Waals surface area contributed by atoms with Gasteiger partial charge in [0.1, 0.15) is 17.9 Å². The molecular formula is C48H72N2O12. The van der Waals surface area contributed by atoms with Crippen LogP contribution in [0.5, 0.6) is 0 Å². The van der Waals surface area contributed by atoms with Crippen LogP contribution in [0, 0.1) is 23.7 Å². The van der Waals surface area contributed by atoms with Crippen molar-refractivity contribution in [2.24, 2.45) is 23.7 Å². The highest BCUT2D eigenvalue weighted by Crippen LogP contribution is 2.33. The molecule has 4 rings (SSSR count). The van der Waals surface area contributed by atoms with E-state index in [4.69, 9.17) is 18.9 Å². The maximum atomic E-state index is 14.3. The number of esters is 1. The Kier molecular flexibility index (Phi) is 20.1. The Bertz CT molecular complexity index is 1710. The van der Waals surface area contributed by atoms with Crippen molar-refractivity contribution in [3.05, 3.63) is 59.5 Å². The Labute approximate surface area is 367 Å². The van der Waals surface area contributed by atoms with Gasteiger partial charge < -0.3 is 44.3 Å². The number of hydrogen-bond donors (Lipinski definition) is 4. The fourth-order valence-corrected chi connectivity index (χ4v) is 9.17. The number of amides is 1. The van der Waals surface area contributed by atoms with E-state index < -0.39 is 71.7 Å². The maximum absolute atomic E-state index is 14.3. The van der Waals surface area contributed by atoms with Gasteiger partial charge in [-0.1, -0.05) is 43.7 Å². The van der Waals surface area contributed by atoms with Crippen LogP contribution < -0.4 is 0 Å². The van der Waals surface area contributed by atoms with Gasteiger partial charge in [0.25, 0.3) is 11.7 Å². The van der Waals surface area contributed by atoms with Crippen LogP contribution in [0.2, 0.25) is 0 Å². The molecule has 1 amide bonds. The van der Waals surface area contributed by atoms with Gasteiger partial charge in [0.05, 0.1) is 30.5 Å². The zero-order valence-corrected chi connectivity index (χ0v) is 37.8. The summed E-state index contributed by atoms with van der Waals surface area (Å²) < 4.78 is 23.3. The van der Waals surface area contributed by atoms with Crippen molar-refractivity contribution in [3.63, 3.8) is 0 Å². The van der Waals surface area contributed by atoms with Crippen molar-refractivity contribution in [2.45, 2.75) is 160 Å². The molecule has 1 saturated carbocycles. The second kappa shape index (κ2) is 24.4. The molecule has 1 aromatic heterocycles. The predicted octanol–water partition coefficient (Wildman–Crippen LogP) is 5.30. The summed E-state index contributed by atoms with van der Waals surface area (Å²) in [5.74, 6) is -9.17. The number of allylic oxidation sites excluding steroid dienone is 3. The highest BCUT2D eigenvalue weighted by Gasteiger charge is 2.48. The first-order valence-corrected chi connectivity index (χ1v) is 22.4. The summed E-state index contributed by atoms with van der Waals surface area (Å²) in [6.45, 7) is 6.96. The zero-order valence-electron chi connectivity index (χ0n) is 37.8. The number of aromatic nitrogens is 1. The van der Waals surface area contributed by atoms with E-state index in [1.165, 1.54) is 14.0 Å². The molecule has 62 heavy (non-hydrogen) atoms. The molecule has 346 valence electrons. The Morgan fingerprint density at radius 1 is 0.887 bits per heavy atom. The van der Waals surface area contributed by atoms with Gasteiger partial charge in [0.15, 0.2) is 0 Å². The van der Waals surface area contributed by atoms with E-state index in [1.54, 1.807) is 40.5 Å². The van der Waals surface area contributed by atoms with Crippen molar-refractivity contribution >= 4 is 29.5 Å². The molecule has 1 saturated heterocycles. The van der Waals surface area contributed by atoms with Crippen LogP contribution >= 0.6 is 0 Å². The molecule has 3 aliphatic rings. The third kappa shape index (κ3) is 14.2. The smallest absolute Gasteiger partial charge is 0.329 e. The molecule has 1 aromatic rings. The molecule has 0 spiro atoms. The Morgan fingerprint density at radius 2 is 1.58 bits per heavy atom. The van der Waals surface area contributed by atoms with Gasteiger partial charge in [0, 0.05) is 64.4 Å². The molecule has 0 bridgehead atoms. The fraction of sp³-hybridized carbons (Fsp3) is 0.688. The number of Topliss-reactive ketones (excluding diaryl/α,β-unsaturated/α-hetero) is 2. The number of fused-ring (bicyclic) bond motifs is 1. The van der Waals surface area contributed by atoms with Crippen LogP contribution in [0.3, 0.4) is 0 Å². The number of carbonyl (C=O) groups excluding carboxylic acids is 4. The Morgan fingerprint density at radius 3 is 2.26 bits per heavy atom. The largest absolute Gasteiger partial charge is 0.456 e. The Balaban J connectivity index is 1.74. The summed E-state index contributed by atoms with van der Waals surface area (Å²) in [5, 5.41) is 44.8. The summed E-state index contributed by atoms with van der Waals surface area (Å²) in [7, 11) is 4.69. The van der Waals surface area contributed by atoms with Crippen molar-refractivity contribution in [1.82, 2.24) is 9.88 Å². The lowest BCUT2D eigenvalue weighted by molar-refractivity contribution is -0.208. The summed E-state index contributed by atoms with van der Waals surface area (Å²) in [6.07, 6.45) is 12.7. The van der Waals surface area contributed by atoms with E-state index in [0.717, 1.165) is 16.0 Å². The number of rotatable bonds is 8. The number of nitrogens with zero attached hydrogens (tertiary/aromatic N) is 2. The molecule has 0 aromatic carbocycles. The first kappa shape index (κ1) is 51.0. The minimum absolute atomic E-state index is 0.0229. The second-order valence-corrected chi connectivity index (χ2v) is 17.9. The van der Waals surface area contributed by atoms with Gasteiger partial charge in [-0.3, -0.25) is 19.4 Å². The summed E-state index contributed by atoms with van der Waals surface area (Å²) >= 11 is 0. The van der Waals surface area contributed by atoms with Crippen LogP contribution in [0.4, 0.5) is 0 Å². The van der Waals surface area contributed by atoms with E-state index in [9.17, 15) is 39.6 Å². The monoisotopic (exact) mass is 869 g/mol. The molecule has 3 heterocycles. The van der Waals surface area contributed by atoms with Crippen molar-refractivity contribution in [2.75, 3.05) is 27.9 Å². The number of hydrogen-bond acceptors (Lipinski definition) is 13. The molecule has 11 atom stereocenters. The minimum atomic E-state index is -3.03. The summed E-state index contributed by atoms with van der Waals surface area (Å²) in [4.78, 5) is 61.3. The molecular weight excluding hydrogens is 797 g/mol. The van der Waals surface area contributed by atoms with Crippen molar-refractivity contribution in [3.8, 4) is 0 Å². The zero-order chi connectivity index (χ0) is 45.6. The van der Waals surface area contributed by atoms with Crippen LogP contribution in [0.1, 0.15) is 117 Å². The van der Waals surface area contributed by atoms with Crippen LogP contribution in [-0.2, 0) is 38.1 Å². The van der Waals surface area contributed by atoms with E-state index >= 15 is 0 Å². The quantitative estimate of drug-likeness (QED) is 0.114. The third-order valence-corrected chi connectivity index (χ3v) is 13.2. The van der Waals surface area contributed by atoms with Gasteiger partial charge >= 0.3 is 5.97 Å². The number of cyclic esters (lactones) is 1. The number of aliphatic hydroxyl groups is 4. The molecule has 0 unspecified atom stereocenters. The second-order valence-electron chi connectivity index (χ2n) is 17.9. The molecule has 14 nitrogen and oxygen atoms in total. The van der Waals surface area contributed by atoms with Crippen LogP contribution in [0.15, 0.2) is 53.9 Å². The average molecular weight is 869 g/mol. The molecule has 2 aliphatic heterocycles. The van der Waals surface area contributed by atoms with E-state index in [-0.39, 0.29) is 49.7 Å². The van der Waals surface area contributed by atoms with Crippen molar-refractivity contribution in [1.29, 1.82) is 0 Å². The highest BCUT2D eigenvalue weighted by molar-refractivity contribution is 6.39. The van der Waals surface area contributed by atoms with Crippen LogP contribution in [-0.4, -0.2) is 130 Å². The first-order chi connectivity index (χ1) is 29.5. The van der Waals surface area contributed by atoms with E-state index in [2.05, 4.69) is 4.98 Å². The standard InChI is InChI=1S/C48H72N2O12/c1-30-24-36(13-10-12-34-19-21-49-22-20-34)42(53)29-41(52)33(4)44(31(2)26-35-17-18-40(51)43(28-35)61-7)62-47(56)39-16-8-9-23-50(39)46(55)45(54)48(57,58)32(3)27-38(60-6)15-11-14-37(25-30)59-5/h10,12,19-22,24,26,32-33,35-41,43-44,51-52,57-58H,8-9,11,13-18,23,25,27-29H2,1-7H3/b12-10+,30-24+,31-26+/t32-,33-,35+,36-,37-,38-,39+,40-,41+,43-,44-/m1/s1. The lowest BCUT2D eigenvalue weighted by atomic mass is 9.81. The number of aliphatic hydroxyl groups excluding tert-OH is 2. The predicted molar refractivity (Wildman–Crippen MR) is 233 cm³/mol. The number of methoxy groups -OCH3 is 3. The number of ketones is 2. The molecule has 1 aliphatic carbocycles. The van der Waals surface area contributed by atoms with Gasteiger partial charge in [-0.2, -0.15) is 0 Å². The maximum Gasteiger partial charge on any atom is 0.329 e. The topological polar surface area (TPSA) is 202 Å². The molecule has 0 radical (unpaired) electrons. The van der Waals surface area contributed by atoms with Gasteiger partial charge in [-0.05, 0) is 120 Å². The number of carbonyl (C=O) groups is 4. The molecule has 4 N–H and O–H groups in total. The molecule has 2 fully saturated rings. The average Bonchev–Trinajstić information content (AvgIpc) is 3.26. The van der Waals surface area contributed by atoms with Crippen LogP contribution in [0.25, 0.3) is 6.08 Å². The lowest BCUT2D eigenvalue weighted by Gasteiger charge is -2.38. The minimum Gasteiger partial charge on any atom is -0.456 e. The summed E-state index contributed by atoms with van der Waals surface area (Å²) in [5.41, 5.74) is 2.49. The SMILES string of the molecule is CO[C@@H]1CCC[C@@H](OC)C[C@@H](C)C(O)(O)C(=O)C(=O)N2CCCC[C@H]2C(=O)O[C@H](/C(C)=C/[C@@H]2CC[C@@H](O)[C@H](OC)C2)[C@H](C)[C@@H](O)CC(=O)[C@H](C/C=C/c2ccncc2)/C=C(\C)C1. The van der Waals surface area contributed by atoms with Gasteiger partial charge in [-0.25, -0.2) is 4.79 Å². The number of pyridine rings is 1. The lowest BCUT2D eigenvalue weighted by Crippen LogP contribution is -2.58. The fourth-order valence-electron chi connectivity index (χ4n) is 9.17. The Hall–Kier alpha value is -3.63. The number of ether oxygens (including phenoxy) is 4. The van der Waals surface area contributed by atoms with Gasteiger partial charge in [-0.15, -0.1) is 0 Å². The van der Waals surface area contributed by atoms with Gasteiger partial charge in [0.2, 0.25) is 5.79 Å². The normalized spacial score (nSPS) is 34.3. The van der Waals surface area contributed by atoms with E-state index in [1.807, 2.05) is 43.4 Å². The third-order valence-electron chi connectivity index (χ3n) is 13.2. The van der Waals surface area contributed by atoms with E-state index in [0.29, 0.717) is 69.8 Å². The highest BCUT2D eigenvalue weighted by atomic mass is 16.5. The molecule has 14 heteroatoms.